The first-order valence-corrected chi connectivity index (χ1v) is 12.8. The minimum absolute atomic E-state index is 0.0431. The van der Waals surface area contributed by atoms with Crippen LogP contribution >= 0.6 is 0 Å². The van der Waals surface area contributed by atoms with Crippen molar-refractivity contribution in [1.82, 2.24) is 24.3 Å². The first kappa shape index (κ1) is 24.6. The van der Waals surface area contributed by atoms with Gasteiger partial charge < -0.3 is 9.30 Å². The highest BCUT2D eigenvalue weighted by atomic mass is 32.2. The summed E-state index contributed by atoms with van der Waals surface area (Å²) in [7, 11) is -1.68. The topological polar surface area (TPSA) is 109 Å². The fourth-order valence-corrected chi connectivity index (χ4v) is 5.12. The van der Waals surface area contributed by atoms with Crippen LogP contribution in [0.25, 0.3) is 11.3 Å². The molecule has 0 fully saturated rings. The maximum absolute atomic E-state index is 12.6. The van der Waals surface area contributed by atoms with Crippen LogP contribution in [0.15, 0.2) is 23.1 Å². The fourth-order valence-electron chi connectivity index (χ4n) is 3.65. The Bertz CT molecular complexity index is 1300. The summed E-state index contributed by atoms with van der Waals surface area (Å²) in [6.07, 6.45) is 3.06. The molecule has 3 rings (SSSR count). The molecule has 33 heavy (non-hydrogen) atoms. The summed E-state index contributed by atoms with van der Waals surface area (Å²) >= 11 is 0. The van der Waals surface area contributed by atoms with E-state index in [4.69, 9.17) is 4.74 Å². The number of hydrogen-bond donors (Lipinski definition) is 0. The predicted molar refractivity (Wildman–Crippen MR) is 127 cm³/mol. The number of ether oxygens (including phenoxy) is 1. The molecule has 9 nitrogen and oxygen atoms in total. The third-order valence-corrected chi connectivity index (χ3v) is 7.05. The molecule has 10 heteroatoms. The van der Waals surface area contributed by atoms with Gasteiger partial charge in [0.15, 0.2) is 15.6 Å². The summed E-state index contributed by atoms with van der Waals surface area (Å²) in [5.41, 5.74) is 3.48. The van der Waals surface area contributed by atoms with Crippen molar-refractivity contribution in [3.63, 3.8) is 0 Å². The molecule has 0 spiro atoms. The van der Waals surface area contributed by atoms with Crippen molar-refractivity contribution in [1.29, 1.82) is 0 Å². The summed E-state index contributed by atoms with van der Waals surface area (Å²) in [5.74, 6) is 0.431. The van der Waals surface area contributed by atoms with Crippen LogP contribution in [0.3, 0.4) is 0 Å². The normalized spacial score (nSPS) is 11.7. The minimum atomic E-state index is -3.34. The van der Waals surface area contributed by atoms with Crippen LogP contribution in [0.5, 0.6) is 11.8 Å². The first-order chi connectivity index (χ1) is 15.5. The molecule has 0 atom stereocenters. The summed E-state index contributed by atoms with van der Waals surface area (Å²) in [6.45, 7) is 10.1. The molecular formula is C23H31N5O4S. The van der Waals surface area contributed by atoms with Gasteiger partial charge in [-0.2, -0.15) is 15.1 Å². The molecule has 0 N–H and O–H groups in total. The Balaban J connectivity index is 2.10. The molecule has 0 saturated carbocycles. The van der Waals surface area contributed by atoms with Crippen molar-refractivity contribution in [2.45, 2.75) is 59.8 Å². The van der Waals surface area contributed by atoms with E-state index in [1.807, 2.05) is 32.4 Å². The van der Waals surface area contributed by atoms with Crippen LogP contribution in [0.4, 0.5) is 0 Å². The number of nitrogens with zero attached hydrogens (tertiary/aromatic N) is 5. The zero-order valence-electron chi connectivity index (χ0n) is 20.0. The summed E-state index contributed by atoms with van der Waals surface area (Å²) < 4.78 is 34.6. The summed E-state index contributed by atoms with van der Waals surface area (Å²) in [5, 5.41) is 4.46. The van der Waals surface area contributed by atoms with Crippen LogP contribution < -0.4 is 10.3 Å². The second-order valence-electron chi connectivity index (χ2n) is 8.22. The SMILES string of the molecule is CCCCS(=O)(=O)Cc1cc(-c2cc(C)c(=O)n(C)c2)nc(Oc2c(C)nn(CC)c2C)n1. The van der Waals surface area contributed by atoms with Gasteiger partial charge in [0, 0.05) is 30.9 Å². The Hall–Kier alpha value is -3.01. The molecular weight excluding hydrogens is 442 g/mol. The second-order valence-corrected chi connectivity index (χ2v) is 10.4. The smallest absolute Gasteiger partial charge is 0.322 e. The molecule has 0 saturated heterocycles. The Morgan fingerprint density at radius 1 is 1.09 bits per heavy atom. The van der Waals surface area contributed by atoms with Crippen LogP contribution in [0.2, 0.25) is 0 Å². The lowest BCUT2D eigenvalue weighted by Gasteiger charge is -2.11. The van der Waals surface area contributed by atoms with Crippen molar-refractivity contribution >= 4 is 9.84 Å². The fraction of sp³-hybridized carbons (Fsp3) is 0.478. The standard InChI is InChI=1S/C23H31N5O4S/c1-7-9-10-33(30,31)14-19-12-20(18-11-15(3)22(29)27(6)13-18)25-23(24-19)32-21-16(4)26-28(8-2)17(21)5/h11-13H,7-10,14H2,1-6H3. The number of hydrogen-bond acceptors (Lipinski definition) is 7. The van der Waals surface area contributed by atoms with Gasteiger partial charge in [0.2, 0.25) is 0 Å². The highest BCUT2D eigenvalue weighted by Crippen LogP contribution is 2.29. The molecule has 3 aromatic heterocycles. The lowest BCUT2D eigenvalue weighted by Crippen LogP contribution is -2.18. The van der Waals surface area contributed by atoms with Gasteiger partial charge in [-0.3, -0.25) is 9.48 Å². The van der Waals surface area contributed by atoms with Gasteiger partial charge in [0.1, 0.15) is 5.69 Å². The van der Waals surface area contributed by atoms with Crippen molar-refractivity contribution in [3.05, 3.63) is 51.3 Å². The molecule has 0 aliphatic rings. The van der Waals surface area contributed by atoms with Crippen molar-refractivity contribution in [3.8, 4) is 23.0 Å². The zero-order chi connectivity index (χ0) is 24.3. The minimum Gasteiger partial charge on any atom is -0.420 e. The highest BCUT2D eigenvalue weighted by molar-refractivity contribution is 7.90. The first-order valence-electron chi connectivity index (χ1n) is 11.0. The largest absolute Gasteiger partial charge is 0.420 e. The van der Waals surface area contributed by atoms with Gasteiger partial charge in [-0.05, 0) is 46.2 Å². The second kappa shape index (κ2) is 9.86. The molecule has 0 aliphatic heterocycles. The van der Waals surface area contributed by atoms with E-state index in [-0.39, 0.29) is 23.1 Å². The number of aryl methyl sites for hydroxylation is 4. The Labute approximate surface area is 194 Å². The lowest BCUT2D eigenvalue weighted by molar-refractivity contribution is 0.433. The van der Waals surface area contributed by atoms with Gasteiger partial charge in [-0.15, -0.1) is 0 Å². The van der Waals surface area contributed by atoms with Gasteiger partial charge in [0.05, 0.1) is 28.6 Å². The van der Waals surface area contributed by atoms with Crippen molar-refractivity contribution in [2.24, 2.45) is 7.05 Å². The molecule has 0 radical (unpaired) electrons. The van der Waals surface area contributed by atoms with E-state index in [0.29, 0.717) is 46.9 Å². The number of pyridine rings is 1. The lowest BCUT2D eigenvalue weighted by atomic mass is 10.1. The van der Waals surface area contributed by atoms with Crippen LogP contribution in [0.1, 0.15) is 49.3 Å². The Kier molecular flexibility index (Phi) is 7.36. The molecule has 178 valence electrons. The van der Waals surface area contributed by atoms with Gasteiger partial charge >= 0.3 is 6.01 Å². The summed E-state index contributed by atoms with van der Waals surface area (Å²) in [4.78, 5) is 21.1. The molecule has 3 heterocycles. The quantitative estimate of drug-likeness (QED) is 0.468. The van der Waals surface area contributed by atoms with E-state index >= 15 is 0 Å². The Morgan fingerprint density at radius 3 is 2.42 bits per heavy atom. The predicted octanol–water partition coefficient (Wildman–Crippen LogP) is 3.49. The zero-order valence-corrected chi connectivity index (χ0v) is 20.9. The maximum atomic E-state index is 12.6. The molecule has 0 unspecified atom stereocenters. The average molecular weight is 474 g/mol. The molecule has 0 aromatic carbocycles. The summed E-state index contributed by atoms with van der Waals surface area (Å²) in [6, 6.07) is 3.42. The van der Waals surface area contributed by atoms with Crippen LogP contribution in [-0.4, -0.2) is 38.5 Å². The van der Waals surface area contributed by atoms with E-state index < -0.39 is 9.84 Å². The van der Waals surface area contributed by atoms with Crippen LogP contribution in [-0.2, 0) is 29.2 Å². The number of aromatic nitrogens is 5. The van der Waals surface area contributed by atoms with E-state index in [9.17, 15) is 13.2 Å². The van der Waals surface area contributed by atoms with Gasteiger partial charge in [-0.25, -0.2) is 8.42 Å². The number of sulfone groups is 1. The van der Waals surface area contributed by atoms with E-state index in [1.165, 1.54) is 4.57 Å². The molecule has 3 aromatic rings. The van der Waals surface area contributed by atoms with Crippen molar-refractivity contribution < 1.29 is 13.2 Å². The van der Waals surface area contributed by atoms with Gasteiger partial charge in [-0.1, -0.05) is 13.3 Å². The van der Waals surface area contributed by atoms with Crippen LogP contribution in [0, 0.1) is 20.8 Å². The van der Waals surface area contributed by atoms with E-state index in [2.05, 4.69) is 15.1 Å². The third kappa shape index (κ3) is 5.68. The highest BCUT2D eigenvalue weighted by Gasteiger charge is 2.19. The van der Waals surface area contributed by atoms with E-state index in [0.717, 1.165) is 12.1 Å². The number of unbranched alkanes of at least 4 members (excludes halogenated alkanes) is 1. The Morgan fingerprint density at radius 2 is 1.82 bits per heavy atom. The van der Waals surface area contributed by atoms with Crippen molar-refractivity contribution in [2.75, 3.05) is 5.75 Å². The average Bonchev–Trinajstić information content (AvgIpc) is 3.02. The number of rotatable bonds is 9. The maximum Gasteiger partial charge on any atom is 0.322 e. The monoisotopic (exact) mass is 473 g/mol. The van der Waals surface area contributed by atoms with E-state index in [1.54, 1.807) is 32.3 Å². The molecule has 0 aliphatic carbocycles. The molecule has 0 amide bonds. The third-order valence-electron chi connectivity index (χ3n) is 5.40. The van der Waals surface area contributed by atoms with Gasteiger partial charge in [0.25, 0.3) is 5.56 Å². The molecule has 0 bridgehead atoms.